The minimum absolute atomic E-state index is 0.0141. The van der Waals surface area contributed by atoms with E-state index in [0.717, 1.165) is 28.9 Å². The smallest absolute Gasteiger partial charge is 0.312 e. The number of hydrogen-bond acceptors (Lipinski definition) is 2. The maximum absolute atomic E-state index is 14.3. The second-order valence-corrected chi connectivity index (χ2v) is 5.77. The van der Waals surface area contributed by atoms with Gasteiger partial charge in [0.2, 0.25) is 0 Å². The molecule has 0 bridgehead atoms. The Hall–Kier alpha value is -2.35. The van der Waals surface area contributed by atoms with E-state index in [0.29, 0.717) is 19.4 Å². The summed E-state index contributed by atoms with van der Waals surface area (Å²) in [6, 6.07) is 1.99. The maximum atomic E-state index is 14.3. The van der Waals surface area contributed by atoms with Gasteiger partial charge in [-0.15, -0.1) is 12.3 Å². The van der Waals surface area contributed by atoms with Gasteiger partial charge in [-0.2, -0.15) is 0 Å². The minimum Gasteiger partial charge on any atom is -0.312 e. The van der Waals surface area contributed by atoms with Crippen LogP contribution in [0.1, 0.15) is 30.4 Å². The van der Waals surface area contributed by atoms with Gasteiger partial charge in [0, 0.05) is 13.0 Å². The van der Waals surface area contributed by atoms with E-state index in [4.69, 9.17) is 6.42 Å². The number of rotatable bonds is 2. The van der Waals surface area contributed by atoms with Crippen molar-refractivity contribution in [3.8, 4) is 12.3 Å². The Labute approximate surface area is 128 Å². The fourth-order valence-electron chi connectivity index (χ4n) is 3.19. The van der Waals surface area contributed by atoms with Crippen LogP contribution in [-0.4, -0.2) is 29.4 Å². The topological polar surface area (TPSA) is 40.6 Å². The Bertz CT molecular complexity index is 669. The van der Waals surface area contributed by atoms with Crippen LogP contribution in [0.4, 0.5) is 14.9 Å². The lowest BCUT2D eigenvalue weighted by atomic mass is 10.0. The first kappa shape index (κ1) is 14.6. The van der Waals surface area contributed by atoms with Gasteiger partial charge in [-0.3, -0.25) is 4.79 Å². The quantitative estimate of drug-likeness (QED) is 0.622. The van der Waals surface area contributed by atoms with Gasteiger partial charge < -0.3 is 4.90 Å². The number of imide groups is 1. The van der Waals surface area contributed by atoms with Crippen molar-refractivity contribution in [3.63, 3.8) is 0 Å². The number of amides is 3. The van der Waals surface area contributed by atoms with Crippen LogP contribution < -0.4 is 4.90 Å². The van der Waals surface area contributed by atoms with Crippen molar-refractivity contribution in [3.05, 3.63) is 29.1 Å². The number of benzene rings is 1. The molecule has 2 aliphatic heterocycles. The van der Waals surface area contributed by atoms with Crippen LogP contribution >= 0.6 is 0 Å². The van der Waals surface area contributed by atoms with Crippen molar-refractivity contribution in [2.24, 2.45) is 0 Å². The van der Waals surface area contributed by atoms with Crippen molar-refractivity contribution in [1.82, 2.24) is 4.90 Å². The number of anilines is 1. The summed E-state index contributed by atoms with van der Waals surface area (Å²) >= 11 is 0. The molecule has 3 amide bonds. The summed E-state index contributed by atoms with van der Waals surface area (Å²) in [6.07, 6.45) is 8.09. The summed E-state index contributed by atoms with van der Waals surface area (Å²) in [5, 5.41) is 0. The summed E-state index contributed by atoms with van der Waals surface area (Å²) in [4.78, 5) is 27.5. The highest BCUT2D eigenvalue weighted by Crippen LogP contribution is 2.33. The number of aryl methyl sites for hydroxylation is 1. The Kier molecular flexibility index (Phi) is 3.61. The average molecular weight is 300 g/mol. The third kappa shape index (κ3) is 2.16. The Balaban J connectivity index is 2.03. The molecular formula is C17H17FN2O2. The summed E-state index contributed by atoms with van der Waals surface area (Å²) in [6.45, 7) is 2.31. The lowest BCUT2D eigenvalue weighted by Crippen LogP contribution is -2.39. The highest BCUT2D eigenvalue weighted by Gasteiger charge is 2.47. The number of terminal acetylenes is 1. The first-order valence-electron chi connectivity index (χ1n) is 7.41. The van der Waals surface area contributed by atoms with Crippen molar-refractivity contribution >= 4 is 17.6 Å². The molecule has 2 aliphatic rings. The molecule has 2 saturated heterocycles. The third-order valence-electron chi connectivity index (χ3n) is 4.38. The summed E-state index contributed by atoms with van der Waals surface area (Å²) < 4.78 is 14.3. The number of carbonyl (C=O) groups excluding carboxylic acids is 2. The number of nitrogens with zero attached hydrogens (tertiary/aromatic N) is 2. The largest absolute Gasteiger partial charge is 0.332 e. The Morgan fingerprint density at radius 2 is 2.14 bits per heavy atom. The second-order valence-electron chi connectivity index (χ2n) is 5.77. The SMILES string of the molecule is C#CCc1cc(N2C(=O)C3CCCCN3C2=O)c(F)cc1C. The van der Waals surface area contributed by atoms with Gasteiger partial charge in [-0.1, -0.05) is 0 Å². The molecular weight excluding hydrogens is 283 g/mol. The number of hydrogen-bond donors (Lipinski definition) is 0. The Morgan fingerprint density at radius 3 is 2.82 bits per heavy atom. The van der Waals surface area contributed by atoms with Gasteiger partial charge in [0.05, 0.1) is 5.69 Å². The van der Waals surface area contributed by atoms with E-state index >= 15 is 0 Å². The molecule has 0 N–H and O–H groups in total. The molecule has 1 aromatic carbocycles. The van der Waals surface area contributed by atoms with E-state index in [1.165, 1.54) is 12.1 Å². The third-order valence-corrected chi connectivity index (χ3v) is 4.38. The zero-order chi connectivity index (χ0) is 15.9. The predicted octanol–water partition coefficient (Wildman–Crippen LogP) is 2.63. The maximum Gasteiger partial charge on any atom is 0.332 e. The van der Waals surface area contributed by atoms with Crippen LogP contribution in [0.2, 0.25) is 0 Å². The van der Waals surface area contributed by atoms with Gasteiger partial charge in [-0.05, 0) is 49.4 Å². The normalized spacial score (nSPS) is 21.0. The van der Waals surface area contributed by atoms with Gasteiger partial charge in [0.25, 0.3) is 5.91 Å². The molecule has 114 valence electrons. The molecule has 2 fully saturated rings. The van der Waals surface area contributed by atoms with Gasteiger partial charge >= 0.3 is 6.03 Å². The van der Waals surface area contributed by atoms with Crippen LogP contribution in [0.3, 0.4) is 0 Å². The molecule has 0 saturated carbocycles. The molecule has 22 heavy (non-hydrogen) atoms. The van der Waals surface area contributed by atoms with E-state index in [2.05, 4.69) is 5.92 Å². The molecule has 1 unspecified atom stereocenters. The molecule has 1 aromatic rings. The summed E-state index contributed by atoms with van der Waals surface area (Å²) in [7, 11) is 0. The number of halogens is 1. The second kappa shape index (κ2) is 5.45. The van der Waals surface area contributed by atoms with Crippen LogP contribution in [0.5, 0.6) is 0 Å². The zero-order valence-electron chi connectivity index (χ0n) is 12.4. The molecule has 0 spiro atoms. The van der Waals surface area contributed by atoms with E-state index < -0.39 is 17.9 Å². The molecule has 4 nitrogen and oxygen atoms in total. The fourth-order valence-corrected chi connectivity index (χ4v) is 3.19. The molecule has 2 heterocycles. The predicted molar refractivity (Wildman–Crippen MR) is 80.9 cm³/mol. The van der Waals surface area contributed by atoms with Gasteiger partial charge in [0.15, 0.2) is 0 Å². The fraction of sp³-hybridized carbons (Fsp3) is 0.412. The molecule has 5 heteroatoms. The number of carbonyl (C=O) groups is 2. The van der Waals surface area contributed by atoms with Crippen LogP contribution in [0, 0.1) is 25.1 Å². The lowest BCUT2D eigenvalue weighted by molar-refractivity contribution is -0.120. The van der Waals surface area contributed by atoms with Crippen molar-refractivity contribution in [2.75, 3.05) is 11.4 Å². The van der Waals surface area contributed by atoms with E-state index in [1.807, 2.05) is 0 Å². The van der Waals surface area contributed by atoms with Crippen molar-refractivity contribution in [2.45, 2.75) is 38.6 Å². The minimum atomic E-state index is -0.570. The average Bonchev–Trinajstić information content (AvgIpc) is 2.75. The first-order valence-corrected chi connectivity index (χ1v) is 7.41. The lowest BCUT2D eigenvalue weighted by Gasteiger charge is -2.26. The highest BCUT2D eigenvalue weighted by molar-refractivity contribution is 6.21. The van der Waals surface area contributed by atoms with Crippen molar-refractivity contribution < 1.29 is 14.0 Å². The van der Waals surface area contributed by atoms with Crippen molar-refractivity contribution in [1.29, 1.82) is 0 Å². The number of fused-ring (bicyclic) bond motifs is 1. The molecule has 0 aromatic heterocycles. The van der Waals surface area contributed by atoms with E-state index in [9.17, 15) is 14.0 Å². The van der Waals surface area contributed by atoms with Gasteiger partial charge in [-0.25, -0.2) is 14.1 Å². The van der Waals surface area contributed by atoms with Crippen LogP contribution in [0.25, 0.3) is 0 Å². The number of urea groups is 1. The number of piperidine rings is 1. The molecule has 3 rings (SSSR count). The van der Waals surface area contributed by atoms with Crippen LogP contribution in [-0.2, 0) is 11.2 Å². The summed E-state index contributed by atoms with van der Waals surface area (Å²) in [5.74, 6) is 1.61. The summed E-state index contributed by atoms with van der Waals surface area (Å²) in [5.41, 5.74) is 1.49. The molecule has 0 aliphatic carbocycles. The molecule has 0 radical (unpaired) electrons. The monoisotopic (exact) mass is 300 g/mol. The zero-order valence-corrected chi connectivity index (χ0v) is 12.4. The Morgan fingerprint density at radius 1 is 1.36 bits per heavy atom. The molecule has 1 atom stereocenters. The van der Waals surface area contributed by atoms with E-state index in [-0.39, 0.29) is 11.6 Å². The van der Waals surface area contributed by atoms with E-state index in [1.54, 1.807) is 11.8 Å². The van der Waals surface area contributed by atoms with Gasteiger partial charge in [0.1, 0.15) is 11.9 Å². The first-order chi connectivity index (χ1) is 10.5. The highest BCUT2D eigenvalue weighted by atomic mass is 19.1. The standard InChI is InChI=1S/C17H17FN2O2/c1-3-6-12-10-15(13(18)9-11(12)2)20-16(21)14-7-4-5-8-19(14)17(20)22/h1,9-10,14H,4-8H2,2H3. The van der Waals surface area contributed by atoms with Crippen LogP contribution in [0.15, 0.2) is 12.1 Å².